The first-order chi connectivity index (χ1) is 11.7. The molecule has 0 radical (unpaired) electrons. The Morgan fingerprint density at radius 2 is 2.04 bits per heavy atom. The van der Waals surface area contributed by atoms with Crippen molar-refractivity contribution in [3.05, 3.63) is 58.2 Å². The standard InChI is InChI=1S/C20H29NO2S2/c1-16(17(2)25(3,4,22)15-21)11-12-23-20-9-7-18(8-10-20)19-6-5-13-24-14-19/h5,7-10,13-14,16H,2,6,11-12,15,21H2,1,3-4H3. The SMILES string of the molecule is C=C(C(C)CCOc1ccc(C2=CSC=CC2)cc1)S(C)(C)(=O)CN. The molecule has 0 aromatic heterocycles. The lowest BCUT2D eigenvalue weighted by Crippen LogP contribution is -2.41. The zero-order valence-corrected chi connectivity index (χ0v) is 17.0. The van der Waals surface area contributed by atoms with Crippen molar-refractivity contribution >= 4 is 26.4 Å². The molecule has 0 fully saturated rings. The predicted molar refractivity (Wildman–Crippen MR) is 113 cm³/mol. The van der Waals surface area contributed by atoms with E-state index in [-0.39, 0.29) is 11.8 Å². The minimum atomic E-state index is -2.95. The van der Waals surface area contributed by atoms with E-state index in [2.05, 4.69) is 35.6 Å². The zero-order valence-electron chi connectivity index (χ0n) is 15.4. The summed E-state index contributed by atoms with van der Waals surface area (Å²) in [6, 6.07) is 8.20. The second-order valence-electron chi connectivity index (χ2n) is 7.12. The van der Waals surface area contributed by atoms with Gasteiger partial charge in [-0.1, -0.05) is 40.8 Å². The first kappa shape index (κ1) is 20.0. The minimum Gasteiger partial charge on any atom is -0.494 e. The van der Waals surface area contributed by atoms with Crippen molar-refractivity contribution in [2.75, 3.05) is 25.0 Å². The first-order valence-corrected chi connectivity index (χ1v) is 12.3. The Labute approximate surface area is 155 Å². The molecule has 1 aliphatic rings. The van der Waals surface area contributed by atoms with Gasteiger partial charge in [-0.3, -0.25) is 4.21 Å². The molecular formula is C20H29NO2S2. The molecule has 1 atom stereocenters. The number of allylic oxidation sites excluding steroid dienone is 3. The molecule has 0 saturated heterocycles. The Hall–Kier alpha value is -1.30. The maximum absolute atomic E-state index is 12.8. The van der Waals surface area contributed by atoms with Gasteiger partial charge in [0.2, 0.25) is 0 Å². The van der Waals surface area contributed by atoms with Crippen LogP contribution in [0.1, 0.15) is 25.3 Å². The van der Waals surface area contributed by atoms with Crippen LogP contribution in [-0.2, 0) is 9.07 Å². The van der Waals surface area contributed by atoms with Crippen molar-refractivity contribution in [3.63, 3.8) is 0 Å². The lowest BCUT2D eigenvalue weighted by Gasteiger charge is -2.37. The predicted octanol–water partition coefficient (Wildman–Crippen LogP) is 4.59. The molecule has 1 heterocycles. The average Bonchev–Trinajstić information content (AvgIpc) is 2.62. The number of nitrogens with two attached hydrogens (primary N) is 1. The van der Waals surface area contributed by atoms with Crippen LogP contribution >= 0.6 is 11.8 Å². The zero-order chi connectivity index (χ0) is 18.5. The molecule has 1 aromatic rings. The minimum absolute atomic E-state index is 0.105. The number of ether oxygens (including phenoxy) is 1. The van der Waals surface area contributed by atoms with Gasteiger partial charge in [0.15, 0.2) is 0 Å². The summed E-state index contributed by atoms with van der Waals surface area (Å²) in [5.41, 5.74) is 8.27. The fourth-order valence-corrected chi connectivity index (χ4v) is 4.87. The highest BCUT2D eigenvalue weighted by Crippen LogP contribution is 2.33. The number of benzene rings is 1. The molecule has 0 saturated carbocycles. The van der Waals surface area contributed by atoms with Crippen LogP contribution in [0.2, 0.25) is 0 Å². The quantitative estimate of drug-likeness (QED) is 0.717. The van der Waals surface area contributed by atoms with E-state index in [4.69, 9.17) is 10.5 Å². The van der Waals surface area contributed by atoms with Crippen molar-refractivity contribution in [1.29, 1.82) is 0 Å². The lowest BCUT2D eigenvalue weighted by atomic mass is 10.0. The molecule has 0 aliphatic carbocycles. The number of thioether (sulfide) groups is 1. The van der Waals surface area contributed by atoms with Gasteiger partial charge in [-0.05, 0) is 70.3 Å². The molecule has 0 amide bonds. The van der Waals surface area contributed by atoms with E-state index in [0.29, 0.717) is 6.61 Å². The van der Waals surface area contributed by atoms with Crippen LogP contribution in [-0.4, -0.2) is 29.2 Å². The molecule has 1 aromatic carbocycles. The highest BCUT2D eigenvalue weighted by Gasteiger charge is 2.30. The van der Waals surface area contributed by atoms with E-state index >= 15 is 0 Å². The van der Waals surface area contributed by atoms with Crippen LogP contribution in [0.3, 0.4) is 0 Å². The molecule has 3 nitrogen and oxygen atoms in total. The van der Waals surface area contributed by atoms with Crippen molar-refractivity contribution in [3.8, 4) is 5.75 Å². The van der Waals surface area contributed by atoms with Gasteiger partial charge in [-0.15, -0.1) is 11.8 Å². The molecule has 1 aliphatic heterocycles. The molecule has 0 spiro atoms. The van der Waals surface area contributed by atoms with E-state index in [0.717, 1.165) is 23.5 Å². The van der Waals surface area contributed by atoms with Gasteiger partial charge in [0, 0.05) is 0 Å². The van der Waals surface area contributed by atoms with Crippen molar-refractivity contribution in [2.45, 2.75) is 19.8 Å². The summed E-state index contributed by atoms with van der Waals surface area (Å²) >= 11 is 1.71. The summed E-state index contributed by atoms with van der Waals surface area (Å²) in [7, 11) is -2.95. The second kappa shape index (κ2) is 7.94. The van der Waals surface area contributed by atoms with Crippen molar-refractivity contribution in [2.24, 2.45) is 11.7 Å². The molecular weight excluding hydrogens is 350 g/mol. The van der Waals surface area contributed by atoms with Gasteiger partial charge in [-0.2, -0.15) is 0 Å². The molecule has 2 N–H and O–H groups in total. The molecule has 0 bridgehead atoms. The van der Waals surface area contributed by atoms with Crippen LogP contribution in [0.5, 0.6) is 5.75 Å². The van der Waals surface area contributed by atoms with Crippen LogP contribution in [0.4, 0.5) is 0 Å². The molecule has 1 unspecified atom stereocenters. The maximum atomic E-state index is 12.8. The molecule has 25 heavy (non-hydrogen) atoms. The lowest BCUT2D eigenvalue weighted by molar-refractivity contribution is 0.295. The maximum Gasteiger partial charge on any atom is 0.119 e. The smallest absolute Gasteiger partial charge is 0.119 e. The highest BCUT2D eigenvalue weighted by molar-refractivity contribution is 8.22. The van der Waals surface area contributed by atoms with E-state index in [1.165, 1.54) is 11.1 Å². The number of hydrogen-bond donors (Lipinski definition) is 1. The van der Waals surface area contributed by atoms with Gasteiger partial charge >= 0.3 is 0 Å². The fourth-order valence-electron chi connectivity index (χ4n) is 2.60. The third-order valence-electron chi connectivity index (χ3n) is 4.62. The summed E-state index contributed by atoms with van der Waals surface area (Å²) in [5, 5.41) is 4.29. The van der Waals surface area contributed by atoms with Crippen LogP contribution in [0.25, 0.3) is 5.57 Å². The summed E-state index contributed by atoms with van der Waals surface area (Å²) in [6.45, 7) is 6.64. The third kappa shape index (κ3) is 5.33. The number of hydrogen-bond acceptors (Lipinski definition) is 4. The Morgan fingerprint density at radius 3 is 2.60 bits per heavy atom. The largest absolute Gasteiger partial charge is 0.494 e. The van der Waals surface area contributed by atoms with E-state index in [1.54, 1.807) is 24.3 Å². The van der Waals surface area contributed by atoms with Gasteiger partial charge in [0.05, 0.1) is 12.5 Å². The summed E-state index contributed by atoms with van der Waals surface area (Å²) in [4.78, 5) is 0.744. The Balaban J connectivity index is 1.87. The number of rotatable bonds is 8. The Morgan fingerprint density at radius 1 is 1.36 bits per heavy atom. The normalized spacial score (nSPS) is 17.3. The van der Waals surface area contributed by atoms with Crippen molar-refractivity contribution < 1.29 is 8.95 Å². The summed E-state index contributed by atoms with van der Waals surface area (Å²) in [5.74, 6) is 1.10. The van der Waals surface area contributed by atoms with E-state index in [9.17, 15) is 4.21 Å². The highest BCUT2D eigenvalue weighted by atomic mass is 32.3. The van der Waals surface area contributed by atoms with Crippen LogP contribution in [0, 0.1) is 5.92 Å². The third-order valence-corrected chi connectivity index (χ3v) is 8.39. The molecule has 2 rings (SSSR count). The molecule has 138 valence electrons. The van der Waals surface area contributed by atoms with Gasteiger partial charge in [0.1, 0.15) is 5.75 Å². The monoisotopic (exact) mass is 379 g/mol. The second-order valence-corrected chi connectivity index (χ2v) is 12.9. The fraction of sp³-hybridized carbons (Fsp3) is 0.400. The van der Waals surface area contributed by atoms with E-state index < -0.39 is 9.07 Å². The van der Waals surface area contributed by atoms with Crippen molar-refractivity contribution in [1.82, 2.24) is 0 Å². The Kier molecular flexibility index (Phi) is 6.35. The topological polar surface area (TPSA) is 52.3 Å². The molecule has 5 heteroatoms. The van der Waals surface area contributed by atoms with Gasteiger partial charge < -0.3 is 10.5 Å². The van der Waals surface area contributed by atoms with Gasteiger partial charge in [-0.25, -0.2) is 0 Å². The first-order valence-electron chi connectivity index (χ1n) is 8.43. The van der Waals surface area contributed by atoms with Crippen LogP contribution < -0.4 is 10.5 Å². The van der Waals surface area contributed by atoms with Gasteiger partial charge in [0.25, 0.3) is 0 Å². The van der Waals surface area contributed by atoms with Crippen LogP contribution in [0.15, 0.2) is 52.6 Å². The summed E-state index contributed by atoms with van der Waals surface area (Å²) < 4.78 is 18.7. The Bertz CT molecular complexity index is 741. The summed E-state index contributed by atoms with van der Waals surface area (Å²) in [6.07, 6.45) is 7.37. The average molecular weight is 380 g/mol. The van der Waals surface area contributed by atoms with E-state index in [1.807, 2.05) is 19.1 Å².